The summed E-state index contributed by atoms with van der Waals surface area (Å²) in [6.07, 6.45) is 1.40. The summed E-state index contributed by atoms with van der Waals surface area (Å²) < 4.78 is 41.4. The smallest absolute Gasteiger partial charge is 0.339 e. The van der Waals surface area contributed by atoms with Gasteiger partial charge in [-0.25, -0.2) is 0 Å². The molecule has 0 radical (unpaired) electrons. The van der Waals surface area contributed by atoms with Crippen LogP contribution in [0.15, 0.2) is 6.20 Å². The van der Waals surface area contributed by atoms with E-state index in [1.807, 2.05) is 0 Å². The average molecular weight is 400 g/mol. The number of amides is 2. The maximum Gasteiger partial charge on any atom is 0.433 e. The fourth-order valence-corrected chi connectivity index (χ4v) is 4.11. The molecule has 1 aromatic rings. The van der Waals surface area contributed by atoms with Crippen LogP contribution in [0.4, 0.5) is 13.2 Å². The lowest BCUT2D eigenvalue weighted by molar-refractivity contribution is -0.145. The van der Waals surface area contributed by atoms with Crippen molar-refractivity contribution in [2.75, 3.05) is 26.2 Å². The molecule has 1 saturated heterocycles. The van der Waals surface area contributed by atoms with E-state index in [0.29, 0.717) is 25.4 Å². The van der Waals surface area contributed by atoms with Crippen molar-refractivity contribution in [1.29, 1.82) is 0 Å². The van der Waals surface area contributed by atoms with Crippen LogP contribution in [-0.2, 0) is 11.0 Å². The number of alkyl halides is 3. The highest BCUT2D eigenvalue weighted by molar-refractivity contribution is 5.95. The van der Waals surface area contributed by atoms with Gasteiger partial charge in [0.05, 0.1) is 11.8 Å². The van der Waals surface area contributed by atoms with Gasteiger partial charge in [0.2, 0.25) is 5.91 Å². The SMILES string of the molecule is CC(C)n1ncc(C(=O)N2CCN(C(=O)CC3CCCC3)CC2)c1C(F)(F)F. The van der Waals surface area contributed by atoms with Gasteiger partial charge < -0.3 is 9.80 Å². The molecule has 0 aromatic carbocycles. The summed E-state index contributed by atoms with van der Waals surface area (Å²) in [6.45, 7) is 4.36. The summed E-state index contributed by atoms with van der Waals surface area (Å²) >= 11 is 0. The standard InChI is InChI=1S/C19H27F3N4O2/c1-13(2)26-17(19(20,21)22)15(12-23-26)18(28)25-9-7-24(8-10-25)16(27)11-14-5-3-4-6-14/h12-14H,3-11H2,1-2H3. The Hall–Kier alpha value is -2.06. The van der Waals surface area contributed by atoms with E-state index in [0.717, 1.165) is 23.7 Å². The lowest BCUT2D eigenvalue weighted by atomic mass is 10.0. The Labute approximate surface area is 162 Å². The molecule has 9 heteroatoms. The van der Waals surface area contributed by atoms with Crippen LogP contribution >= 0.6 is 0 Å². The highest BCUT2D eigenvalue weighted by Gasteiger charge is 2.42. The number of halogens is 3. The molecule has 28 heavy (non-hydrogen) atoms. The van der Waals surface area contributed by atoms with Crippen molar-refractivity contribution in [3.63, 3.8) is 0 Å². The highest BCUT2D eigenvalue weighted by Crippen LogP contribution is 2.34. The molecule has 6 nitrogen and oxygen atoms in total. The van der Waals surface area contributed by atoms with Gasteiger partial charge in [-0.15, -0.1) is 0 Å². The van der Waals surface area contributed by atoms with E-state index >= 15 is 0 Å². The van der Waals surface area contributed by atoms with Crippen molar-refractivity contribution < 1.29 is 22.8 Å². The third kappa shape index (κ3) is 4.33. The molecule has 156 valence electrons. The number of carbonyl (C=O) groups excluding carboxylic acids is 2. The second-order valence-electron chi connectivity index (χ2n) is 7.97. The van der Waals surface area contributed by atoms with Crippen molar-refractivity contribution in [3.05, 3.63) is 17.5 Å². The second-order valence-corrected chi connectivity index (χ2v) is 7.97. The van der Waals surface area contributed by atoms with Crippen molar-refractivity contribution in [1.82, 2.24) is 19.6 Å². The number of rotatable bonds is 4. The minimum Gasteiger partial charge on any atom is -0.339 e. The molecule has 2 fully saturated rings. The van der Waals surface area contributed by atoms with Gasteiger partial charge in [0, 0.05) is 38.6 Å². The van der Waals surface area contributed by atoms with Crippen LogP contribution in [0.5, 0.6) is 0 Å². The Morgan fingerprint density at radius 1 is 1.11 bits per heavy atom. The highest BCUT2D eigenvalue weighted by atomic mass is 19.4. The fraction of sp³-hybridized carbons (Fsp3) is 0.737. The van der Waals surface area contributed by atoms with Gasteiger partial charge >= 0.3 is 6.18 Å². The Kier molecular flexibility index (Phi) is 6.00. The number of hydrogen-bond donors (Lipinski definition) is 0. The number of carbonyl (C=O) groups is 2. The number of hydrogen-bond acceptors (Lipinski definition) is 3. The summed E-state index contributed by atoms with van der Waals surface area (Å²) in [6, 6.07) is -0.511. The third-order valence-electron chi connectivity index (χ3n) is 5.64. The van der Waals surface area contributed by atoms with E-state index in [2.05, 4.69) is 5.10 Å². The number of piperazine rings is 1. The molecule has 0 unspecified atom stereocenters. The first kappa shape index (κ1) is 20.7. The number of nitrogens with zero attached hydrogens (tertiary/aromatic N) is 4. The molecule has 2 aliphatic rings. The Morgan fingerprint density at radius 3 is 2.21 bits per heavy atom. The van der Waals surface area contributed by atoms with Crippen LogP contribution < -0.4 is 0 Å². The van der Waals surface area contributed by atoms with Crippen LogP contribution in [0.3, 0.4) is 0 Å². The first-order valence-electron chi connectivity index (χ1n) is 9.90. The zero-order valence-electron chi connectivity index (χ0n) is 16.3. The summed E-state index contributed by atoms with van der Waals surface area (Å²) in [7, 11) is 0. The van der Waals surface area contributed by atoms with Crippen LogP contribution in [-0.4, -0.2) is 57.6 Å². The molecule has 2 heterocycles. The Bertz CT molecular complexity index is 715. The molecule has 0 N–H and O–H groups in total. The van der Waals surface area contributed by atoms with E-state index in [4.69, 9.17) is 0 Å². The molecule has 1 aliphatic heterocycles. The van der Waals surface area contributed by atoms with E-state index in [1.165, 1.54) is 17.7 Å². The molecule has 0 spiro atoms. The first-order valence-corrected chi connectivity index (χ1v) is 9.90. The van der Waals surface area contributed by atoms with E-state index < -0.39 is 29.4 Å². The second kappa shape index (κ2) is 8.13. The molecular weight excluding hydrogens is 373 g/mol. The first-order chi connectivity index (χ1) is 13.2. The van der Waals surface area contributed by atoms with Crippen molar-refractivity contribution in [3.8, 4) is 0 Å². The lowest BCUT2D eigenvalue weighted by Gasteiger charge is -2.35. The summed E-state index contributed by atoms with van der Waals surface area (Å²) in [5, 5.41) is 3.78. The van der Waals surface area contributed by atoms with E-state index in [9.17, 15) is 22.8 Å². The molecule has 1 aromatic heterocycles. The van der Waals surface area contributed by atoms with Gasteiger partial charge in [0.1, 0.15) is 0 Å². The summed E-state index contributed by atoms with van der Waals surface area (Å²) in [5.74, 6) is -0.145. The predicted molar refractivity (Wildman–Crippen MR) is 96.7 cm³/mol. The summed E-state index contributed by atoms with van der Waals surface area (Å²) in [4.78, 5) is 28.3. The summed E-state index contributed by atoms with van der Waals surface area (Å²) in [5.41, 5.74) is -1.43. The molecular formula is C19H27F3N4O2. The molecule has 1 aliphatic carbocycles. The Balaban J connectivity index is 1.65. The van der Waals surface area contributed by atoms with Crippen LogP contribution in [0, 0.1) is 5.92 Å². The average Bonchev–Trinajstić information content (AvgIpc) is 3.30. The molecule has 0 atom stereocenters. The zero-order valence-corrected chi connectivity index (χ0v) is 16.3. The number of aromatic nitrogens is 2. The monoisotopic (exact) mass is 400 g/mol. The lowest BCUT2D eigenvalue weighted by Crippen LogP contribution is -2.51. The van der Waals surface area contributed by atoms with Crippen molar-refractivity contribution >= 4 is 11.8 Å². The van der Waals surface area contributed by atoms with E-state index in [-0.39, 0.29) is 19.0 Å². The topological polar surface area (TPSA) is 58.4 Å². The maximum atomic E-state index is 13.5. The predicted octanol–water partition coefficient (Wildman–Crippen LogP) is 3.35. The van der Waals surface area contributed by atoms with E-state index in [1.54, 1.807) is 18.7 Å². The van der Waals surface area contributed by atoms with Gasteiger partial charge in [-0.3, -0.25) is 14.3 Å². The largest absolute Gasteiger partial charge is 0.433 e. The van der Waals surface area contributed by atoms with Gasteiger partial charge in [0.25, 0.3) is 5.91 Å². The minimum absolute atomic E-state index is 0.0857. The van der Waals surface area contributed by atoms with Gasteiger partial charge in [-0.2, -0.15) is 18.3 Å². The van der Waals surface area contributed by atoms with Crippen LogP contribution in [0.1, 0.15) is 68.0 Å². The molecule has 0 bridgehead atoms. The van der Waals surface area contributed by atoms with Crippen LogP contribution in [0.2, 0.25) is 0 Å². The maximum absolute atomic E-state index is 13.5. The van der Waals surface area contributed by atoms with Gasteiger partial charge in [0.15, 0.2) is 5.69 Å². The fourth-order valence-electron chi connectivity index (χ4n) is 4.11. The molecule has 2 amide bonds. The molecule has 3 rings (SSSR count). The Morgan fingerprint density at radius 2 is 1.68 bits per heavy atom. The van der Waals surface area contributed by atoms with Crippen molar-refractivity contribution in [2.24, 2.45) is 5.92 Å². The third-order valence-corrected chi connectivity index (χ3v) is 5.64. The molecule has 1 saturated carbocycles. The quantitative estimate of drug-likeness (QED) is 0.779. The van der Waals surface area contributed by atoms with Crippen molar-refractivity contribution in [2.45, 2.75) is 58.2 Å². The van der Waals surface area contributed by atoms with Gasteiger partial charge in [-0.05, 0) is 32.6 Å². The van der Waals surface area contributed by atoms with Crippen LogP contribution in [0.25, 0.3) is 0 Å². The normalized spacial score (nSPS) is 18.9. The van der Waals surface area contributed by atoms with Gasteiger partial charge in [-0.1, -0.05) is 12.8 Å². The minimum atomic E-state index is -4.66. The zero-order chi connectivity index (χ0) is 20.5.